The van der Waals surface area contributed by atoms with Crippen LogP contribution < -0.4 is 0 Å². The molecule has 4 heteroatoms. The van der Waals surface area contributed by atoms with E-state index in [0.717, 1.165) is 26.5 Å². The summed E-state index contributed by atoms with van der Waals surface area (Å²) in [5, 5.41) is 3.29. The number of nitrogens with zero attached hydrogens (tertiary/aromatic N) is 1. The molecule has 0 aliphatic carbocycles. The molecular formula is C17H14BrNS2. The van der Waals surface area contributed by atoms with Gasteiger partial charge in [-0.25, -0.2) is 4.98 Å². The first-order chi connectivity index (χ1) is 10.2. The monoisotopic (exact) mass is 375 g/mol. The molecule has 0 fully saturated rings. The van der Waals surface area contributed by atoms with E-state index in [1.165, 1.54) is 10.5 Å². The van der Waals surface area contributed by atoms with E-state index in [0.29, 0.717) is 0 Å². The van der Waals surface area contributed by atoms with E-state index in [4.69, 9.17) is 4.98 Å². The zero-order valence-corrected chi connectivity index (χ0v) is 14.8. The molecule has 0 radical (unpaired) electrons. The van der Waals surface area contributed by atoms with Gasteiger partial charge in [-0.05, 0) is 25.1 Å². The minimum atomic E-state index is 0.915. The van der Waals surface area contributed by atoms with E-state index >= 15 is 0 Å². The van der Waals surface area contributed by atoms with Crippen molar-refractivity contribution >= 4 is 39.0 Å². The number of aryl methyl sites for hydroxylation is 1. The Morgan fingerprint density at radius 1 is 1.14 bits per heavy atom. The largest absolute Gasteiger partial charge is 0.240 e. The van der Waals surface area contributed by atoms with Gasteiger partial charge in [0.05, 0.1) is 11.4 Å². The van der Waals surface area contributed by atoms with Crippen molar-refractivity contribution in [3.05, 3.63) is 69.0 Å². The summed E-state index contributed by atoms with van der Waals surface area (Å²) in [6.45, 7) is 2.12. The number of hydrogen-bond acceptors (Lipinski definition) is 3. The van der Waals surface area contributed by atoms with Gasteiger partial charge in [0, 0.05) is 20.3 Å². The Morgan fingerprint density at radius 2 is 2.00 bits per heavy atom. The molecule has 1 heterocycles. The fourth-order valence-corrected chi connectivity index (χ4v) is 4.33. The third-order valence-corrected chi connectivity index (χ3v) is 5.78. The molecule has 1 aromatic heterocycles. The van der Waals surface area contributed by atoms with Crippen molar-refractivity contribution < 1.29 is 0 Å². The van der Waals surface area contributed by atoms with Gasteiger partial charge < -0.3 is 0 Å². The van der Waals surface area contributed by atoms with Crippen molar-refractivity contribution in [3.8, 4) is 11.3 Å². The maximum absolute atomic E-state index is 4.75. The molecule has 1 nitrogen and oxygen atoms in total. The van der Waals surface area contributed by atoms with Crippen molar-refractivity contribution in [1.29, 1.82) is 0 Å². The van der Waals surface area contributed by atoms with Crippen molar-refractivity contribution in [3.63, 3.8) is 0 Å². The first-order valence-electron chi connectivity index (χ1n) is 6.61. The normalized spacial score (nSPS) is 10.8. The first-order valence-corrected chi connectivity index (χ1v) is 9.27. The van der Waals surface area contributed by atoms with Gasteiger partial charge in [0.2, 0.25) is 0 Å². The van der Waals surface area contributed by atoms with Gasteiger partial charge in [-0.1, -0.05) is 51.8 Å². The summed E-state index contributed by atoms with van der Waals surface area (Å²) in [6, 6.07) is 16.8. The lowest BCUT2D eigenvalue weighted by atomic mass is 10.2. The Kier molecular flexibility index (Phi) is 4.78. The van der Waals surface area contributed by atoms with Crippen molar-refractivity contribution in [1.82, 2.24) is 4.98 Å². The van der Waals surface area contributed by atoms with Crippen LogP contribution in [0, 0.1) is 6.92 Å². The Hall–Kier alpha value is -1.10. The predicted molar refractivity (Wildman–Crippen MR) is 96.0 cm³/mol. The Morgan fingerprint density at radius 3 is 2.81 bits per heavy atom. The molecule has 0 spiro atoms. The second-order valence-electron chi connectivity index (χ2n) is 4.71. The van der Waals surface area contributed by atoms with Crippen LogP contribution in [0.25, 0.3) is 11.3 Å². The lowest BCUT2D eigenvalue weighted by molar-refractivity contribution is 1.26. The lowest BCUT2D eigenvalue weighted by Crippen LogP contribution is -1.83. The van der Waals surface area contributed by atoms with Crippen LogP contribution in [0.3, 0.4) is 0 Å². The second kappa shape index (κ2) is 6.77. The number of rotatable bonds is 4. The Bertz CT molecular complexity index is 752. The zero-order chi connectivity index (χ0) is 14.7. The standard InChI is InChI=1S/C17H14BrNS2/c1-12-5-4-6-13(9-12)20-11-17-19-16(10-21-17)14-7-2-3-8-15(14)18/h2-10H,11H2,1H3. The number of benzene rings is 2. The summed E-state index contributed by atoms with van der Waals surface area (Å²) in [5.41, 5.74) is 3.50. The highest BCUT2D eigenvalue weighted by Crippen LogP contribution is 2.31. The SMILES string of the molecule is Cc1cccc(SCc2nc(-c3ccccc3Br)cs2)c1. The molecule has 0 N–H and O–H groups in total. The van der Waals surface area contributed by atoms with Crippen LogP contribution in [0.1, 0.15) is 10.6 Å². The third kappa shape index (κ3) is 3.76. The summed E-state index contributed by atoms with van der Waals surface area (Å²) in [5.74, 6) is 0.915. The highest BCUT2D eigenvalue weighted by molar-refractivity contribution is 9.10. The van der Waals surface area contributed by atoms with E-state index in [1.54, 1.807) is 11.3 Å². The highest BCUT2D eigenvalue weighted by atomic mass is 79.9. The van der Waals surface area contributed by atoms with E-state index in [2.05, 4.69) is 64.6 Å². The molecule has 0 unspecified atom stereocenters. The van der Waals surface area contributed by atoms with Gasteiger partial charge in [0.25, 0.3) is 0 Å². The van der Waals surface area contributed by atoms with E-state index in [-0.39, 0.29) is 0 Å². The Balaban J connectivity index is 1.72. The molecule has 3 aromatic rings. The number of aromatic nitrogens is 1. The zero-order valence-electron chi connectivity index (χ0n) is 11.5. The van der Waals surface area contributed by atoms with Crippen molar-refractivity contribution in [2.45, 2.75) is 17.6 Å². The first kappa shape index (κ1) is 14.8. The van der Waals surface area contributed by atoms with Crippen LogP contribution in [0.4, 0.5) is 0 Å². The van der Waals surface area contributed by atoms with Crippen LogP contribution >= 0.6 is 39.0 Å². The van der Waals surface area contributed by atoms with Gasteiger partial charge in [-0.2, -0.15) is 0 Å². The summed E-state index contributed by atoms with van der Waals surface area (Å²) in [6.07, 6.45) is 0. The predicted octanol–water partition coefficient (Wildman–Crippen LogP) is 6.17. The van der Waals surface area contributed by atoms with E-state index in [1.807, 2.05) is 23.9 Å². The van der Waals surface area contributed by atoms with Crippen LogP contribution in [-0.2, 0) is 5.75 Å². The summed E-state index contributed by atoms with van der Waals surface area (Å²) in [4.78, 5) is 6.05. The molecule has 0 aliphatic heterocycles. The lowest BCUT2D eigenvalue weighted by Gasteiger charge is -2.01. The molecule has 0 aliphatic rings. The fraction of sp³-hybridized carbons (Fsp3) is 0.118. The highest BCUT2D eigenvalue weighted by Gasteiger charge is 2.07. The molecule has 21 heavy (non-hydrogen) atoms. The van der Waals surface area contributed by atoms with Crippen LogP contribution in [0.15, 0.2) is 63.3 Å². The smallest absolute Gasteiger partial charge is 0.104 e. The second-order valence-corrected chi connectivity index (χ2v) is 7.56. The molecule has 0 saturated carbocycles. The van der Waals surface area contributed by atoms with Crippen molar-refractivity contribution in [2.24, 2.45) is 0 Å². The van der Waals surface area contributed by atoms with Gasteiger partial charge in [-0.15, -0.1) is 23.1 Å². The number of hydrogen-bond donors (Lipinski definition) is 0. The molecule has 2 aromatic carbocycles. The number of halogens is 1. The minimum absolute atomic E-state index is 0.915. The average Bonchev–Trinajstić information content (AvgIpc) is 2.94. The number of thiazole rings is 1. The topological polar surface area (TPSA) is 12.9 Å². The van der Waals surface area contributed by atoms with Crippen LogP contribution in [-0.4, -0.2) is 4.98 Å². The average molecular weight is 376 g/mol. The molecule has 3 rings (SSSR count). The molecule has 0 amide bonds. The quantitative estimate of drug-likeness (QED) is 0.505. The molecular weight excluding hydrogens is 362 g/mol. The molecule has 0 atom stereocenters. The third-order valence-electron chi connectivity index (χ3n) is 3.05. The van der Waals surface area contributed by atoms with Gasteiger partial charge in [-0.3, -0.25) is 0 Å². The van der Waals surface area contributed by atoms with E-state index < -0.39 is 0 Å². The van der Waals surface area contributed by atoms with Crippen LogP contribution in [0.5, 0.6) is 0 Å². The van der Waals surface area contributed by atoms with Crippen LogP contribution in [0.2, 0.25) is 0 Å². The maximum atomic E-state index is 4.75. The van der Waals surface area contributed by atoms with Gasteiger partial charge in [0.15, 0.2) is 0 Å². The number of thioether (sulfide) groups is 1. The van der Waals surface area contributed by atoms with E-state index in [9.17, 15) is 0 Å². The van der Waals surface area contributed by atoms with Gasteiger partial charge in [0.1, 0.15) is 5.01 Å². The fourth-order valence-electron chi connectivity index (χ4n) is 2.02. The van der Waals surface area contributed by atoms with Crippen molar-refractivity contribution in [2.75, 3.05) is 0 Å². The maximum Gasteiger partial charge on any atom is 0.104 e. The molecule has 0 bridgehead atoms. The summed E-state index contributed by atoms with van der Waals surface area (Å²) in [7, 11) is 0. The van der Waals surface area contributed by atoms with Gasteiger partial charge >= 0.3 is 0 Å². The Labute approximate surface area is 141 Å². The summed E-state index contributed by atoms with van der Waals surface area (Å²) >= 11 is 7.15. The summed E-state index contributed by atoms with van der Waals surface area (Å²) < 4.78 is 1.09. The molecule has 106 valence electrons. The molecule has 0 saturated heterocycles. The minimum Gasteiger partial charge on any atom is -0.240 e.